The summed E-state index contributed by atoms with van der Waals surface area (Å²) in [5.41, 5.74) is 7.05. The number of nitrogens with two attached hydrogens (primary N) is 1. The molecular weight excluding hydrogens is 432 g/mol. The molecule has 2 N–H and O–H groups in total. The quantitative estimate of drug-likeness (QED) is 0.250. The molecule has 3 rings (SSSR count). The van der Waals surface area contributed by atoms with E-state index in [0.717, 1.165) is 28.6 Å². The average molecular weight is 455 g/mol. The van der Waals surface area contributed by atoms with Gasteiger partial charge in [0.25, 0.3) is 5.56 Å². The van der Waals surface area contributed by atoms with Gasteiger partial charge in [0.2, 0.25) is 0 Å². The second kappa shape index (κ2) is 9.37. The number of benzene rings is 1. The summed E-state index contributed by atoms with van der Waals surface area (Å²) < 4.78 is 6.80. The lowest BCUT2D eigenvalue weighted by Gasteiger charge is -2.13. The Labute approximate surface area is 188 Å². The molecule has 0 spiro atoms. The van der Waals surface area contributed by atoms with Gasteiger partial charge in [-0.3, -0.25) is 14.2 Å². The van der Waals surface area contributed by atoms with Crippen molar-refractivity contribution in [2.24, 2.45) is 5.73 Å². The van der Waals surface area contributed by atoms with Crippen LogP contribution >= 0.6 is 23.1 Å². The molecule has 0 saturated carbocycles. The van der Waals surface area contributed by atoms with Crippen LogP contribution in [-0.2, 0) is 11.2 Å². The normalized spacial score (nSPS) is 11.8. The first-order valence-corrected chi connectivity index (χ1v) is 11.3. The number of allylic oxidation sites excluding steroid dienone is 2. The van der Waals surface area contributed by atoms with Crippen LogP contribution in [0.5, 0.6) is 5.75 Å². The summed E-state index contributed by atoms with van der Waals surface area (Å²) >= 11 is 2.59. The predicted octanol–water partition coefficient (Wildman–Crippen LogP) is 3.74. The van der Waals surface area contributed by atoms with Crippen LogP contribution in [0.4, 0.5) is 0 Å². The average Bonchev–Trinajstić information content (AvgIpc) is 3.08. The Morgan fingerprint density at radius 2 is 2.16 bits per heavy atom. The smallest absolute Gasteiger partial charge is 0.267 e. The number of hydrogen-bond donors (Lipinski definition) is 1. The predicted molar refractivity (Wildman–Crippen MR) is 124 cm³/mol. The van der Waals surface area contributed by atoms with Crippen LogP contribution in [0.25, 0.3) is 15.9 Å². The van der Waals surface area contributed by atoms with Crippen LogP contribution < -0.4 is 16.0 Å². The molecule has 2 heterocycles. The molecule has 0 fully saturated rings. The Kier molecular flexibility index (Phi) is 6.83. The van der Waals surface area contributed by atoms with Gasteiger partial charge in [0.15, 0.2) is 10.9 Å². The number of ether oxygens (including phenoxy) is 1. The van der Waals surface area contributed by atoms with E-state index in [2.05, 4.69) is 0 Å². The minimum absolute atomic E-state index is 0.0651. The zero-order valence-electron chi connectivity index (χ0n) is 17.7. The molecule has 7 nitrogen and oxygen atoms in total. The zero-order valence-corrected chi connectivity index (χ0v) is 19.3. The molecule has 160 valence electrons. The van der Waals surface area contributed by atoms with Crippen molar-refractivity contribution < 1.29 is 9.53 Å². The van der Waals surface area contributed by atoms with E-state index in [1.54, 1.807) is 31.4 Å². The Morgan fingerprint density at radius 3 is 2.77 bits per heavy atom. The van der Waals surface area contributed by atoms with Crippen LogP contribution in [-0.4, -0.2) is 28.2 Å². The number of fused-ring (bicyclic) bond motifs is 1. The standard InChI is InChI=1S/C22H22N4O3S2/c1-5-18-12(2)19-20(31-18)25-22(30-11-17(27)16(10-23)13(3)24)26(21(19)28)14-7-6-8-15(9-14)29-4/h6-9H,5,11,24H2,1-4H3/b16-13-. The molecule has 0 radical (unpaired) electrons. The number of aromatic nitrogens is 2. The van der Waals surface area contributed by atoms with Crippen molar-refractivity contribution in [2.45, 2.75) is 32.3 Å². The summed E-state index contributed by atoms with van der Waals surface area (Å²) in [4.78, 5) is 32.5. The number of thiophene rings is 1. The first-order valence-electron chi connectivity index (χ1n) is 9.54. The number of ketones is 1. The fourth-order valence-corrected chi connectivity index (χ4v) is 5.24. The molecule has 0 aliphatic heterocycles. The van der Waals surface area contributed by atoms with Crippen molar-refractivity contribution in [3.8, 4) is 17.5 Å². The number of nitrogens with zero attached hydrogens (tertiary/aromatic N) is 3. The molecule has 1 aromatic carbocycles. The first-order chi connectivity index (χ1) is 14.8. The van der Waals surface area contributed by atoms with E-state index in [4.69, 9.17) is 15.5 Å². The lowest BCUT2D eigenvalue weighted by Crippen LogP contribution is -2.22. The van der Waals surface area contributed by atoms with Gasteiger partial charge < -0.3 is 10.5 Å². The minimum Gasteiger partial charge on any atom is -0.497 e. The van der Waals surface area contributed by atoms with E-state index in [0.29, 0.717) is 26.8 Å². The van der Waals surface area contributed by atoms with Crippen molar-refractivity contribution in [2.75, 3.05) is 12.9 Å². The number of aryl methyl sites for hydroxylation is 2. The van der Waals surface area contributed by atoms with Crippen molar-refractivity contribution >= 4 is 39.1 Å². The third-order valence-corrected chi connectivity index (χ3v) is 7.05. The summed E-state index contributed by atoms with van der Waals surface area (Å²) in [5.74, 6) is 0.126. The lowest BCUT2D eigenvalue weighted by molar-refractivity contribution is -0.112. The number of hydrogen-bond acceptors (Lipinski definition) is 8. The molecular formula is C22H22N4O3S2. The van der Waals surface area contributed by atoms with Gasteiger partial charge >= 0.3 is 0 Å². The van der Waals surface area contributed by atoms with Gasteiger partial charge in [0, 0.05) is 16.6 Å². The van der Waals surface area contributed by atoms with Crippen molar-refractivity contribution in [3.63, 3.8) is 0 Å². The third-order valence-electron chi connectivity index (χ3n) is 4.78. The summed E-state index contributed by atoms with van der Waals surface area (Å²) in [6, 6.07) is 8.95. The SMILES string of the molecule is CCc1sc2nc(SCC(=O)/C(C#N)=C(/C)N)n(-c3cccc(OC)c3)c(=O)c2c1C. The fourth-order valence-electron chi connectivity index (χ4n) is 3.19. The van der Waals surface area contributed by atoms with Gasteiger partial charge in [-0.2, -0.15) is 5.26 Å². The van der Waals surface area contributed by atoms with E-state index in [-0.39, 0.29) is 22.6 Å². The van der Waals surface area contributed by atoms with Gasteiger partial charge in [-0.1, -0.05) is 24.8 Å². The van der Waals surface area contributed by atoms with Gasteiger partial charge in [-0.25, -0.2) is 4.98 Å². The van der Waals surface area contributed by atoms with Crippen molar-refractivity contribution in [1.82, 2.24) is 9.55 Å². The first kappa shape index (κ1) is 22.6. The number of nitriles is 1. The van der Waals surface area contributed by atoms with E-state index in [1.807, 2.05) is 19.9 Å². The Morgan fingerprint density at radius 1 is 1.42 bits per heavy atom. The molecule has 3 aromatic rings. The molecule has 0 aliphatic carbocycles. The number of carbonyl (C=O) groups is 1. The Hall–Kier alpha value is -3.09. The highest BCUT2D eigenvalue weighted by atomic mass is 32.2. The number of rotatable bonds is 7. The molecule has 0 saturated heterocycles. The molecule has 0 unspecified atom stereocenters. The van der Waals surface area contributed by atoms with Crippen molar-refractivity contribution in [3.05, 3.63) is 56.3 Å². The molecule has 0 bridgehead atoms. The number of methoxy groups -OCH3 is 1. The highest BCUT2D eigenvalue weighted by molar-refractivity contribution is 7.99. The molecule has 9 heteroatoms. The summed E-state index contributed by atoms with van der Waals surface area (Å²) in [5, 5.41) is 10.1. The Bertz CT molecular complexity index is 1290. The fraction of sp³-hybridized carbons (Fsp3) is 0.273. The monoisotopic (exact) mass is 454 g/mol. The van der Waals surface area contributed by atoms with Crippen LogP contribution in [0.15, 0.2) is 45.5 Å². The molecule has 31 heavy (non-hydrogen) atoms. The highest BCUT2D eigenvalue weighted by Gasteiger charge is 2.21. The maximum Gasteiger partial charge on any atom is 0.267 e. The molecule has 2 aromatic heterocycles. The van der Waals surface area contributed by atoms with E-state index in [9.17, 15) is 14.9 Å². The van der Waals surface area contributed by atoms with Gasteiger partial charge in [0.05, 0.1) is 23.9 Å². The number of thioether (sulfide) groups is 1. The lowest BCUT2D eigenvalue weighted by atomic mass is 10.2. The topological polar surface area (TPSA) is 111 Å². The summed E-state index contributed by atoms with van der Waals surface area (Å²) in [6.07, 6.45) is 0.804. The van der Waals surface area contributed by atoms with E-state index in [1.165, 1.54) is 22.8 Å². The van der Waals surface area contributed by atoms with Crippen LogP contribution in [0.2, 0.25) is 0 Å². The van der Waals surface area contributed by atoms with Crippen LogP contribution in [0, 0.1) is 18.3 Å². The minimum atomic E-state index is -0.407. The maximum absolute atomic E-state index is 13.6. The van der Waals surface area contributed by atoms with Crippen LogP contribution in [0.3, 0.4) is 0 Å². The molecule has 0 aliphatic rings. The van der Waals surface area contributed by atoms with Crippen LogP contribution in [0.1, 0.15) is 24.3 Å². The zero-order chi connectivity index (χ0) is 22.7. The largest absolute Gasteiger partial charge is 0.497 e. The second-order valence-electron chi connectivity index (χ2n) is 6.80. The number of carbonyl (C=O) groups excluding carboxylic acids is 1. The highest BCUT2D eigenvalue weighted by Crippen LogP contribution is 2.31. The summed E-state index contributed by atoms with van der Waals surface area (Å²) in [6.45, 7) is 5.48. The number of Topliss-reactive ketones (excluding diaryl/α,β-unsaturated/α-hetero) is 1. The summed E-state index contributed by atoms with van der Waals surface area (Å²) in [7, 11) is 1.55. The molecule has 0 amide bonds. The Balaban J connectivity index is 2.19. The van der Waals surface area contributed by atoms with E-state index < -0.39 is 5.78 Å². The van der Waals surface area contributed by atoms with Crippen molar-refractivity contribution in [1.29, 1.82) is 5.26 Å². The van der Waals surface area contributed by atoms with Gasteiger partial charge in [0.1, 0.15) is 22.2 Å². The second-order valence-corrected chi connectivity index (χ2v) is 8.83. The third kappa shape index (κ3) is 4.36. The van der Waals surface area contributed by atoms with Gasteiger partial charge in [-0.05, 0) is 38.0 Å². The molecule has 0 atom stereocenters. The maximum atomic E-state index is 13.6. The van der Waals surface area contributed by atoms with Gasteiger partial charge in [-0.15, -0.1) is 11.3 Å². The van der Waals surface area contributed by atoms with E-state index >= 15 is 0 Å².